The van der Waals surface area contributed by atoms with Gasteiger partial charge in [0.15, 0.2) is 0 Å². The number of carboxylic acid groups (broad SMARTS) is 1. The summed E-state index contributed by atoms with van der Waals surface area (Å²) in [6.07, 6.45) is 1.76. The van der Waals surface area contributed by atoms with E-state index in [-0.39, 0.29) is 18.1 Å². The summed E-state index contributed by atoms with van der Waals surface area (Å²) in [5, 5.41) is 21.8. The zero-order chi connectivity index (χ0) is 12.1. The molecule has 0 unspecified atom stereocenters. The maximum atomic E-state index is 10.6. The van der Waals surface area contributed by atoms with E-state index in [0.29, 0.717) is 13.0 Å². The predicted molar refractivity (Wildman–Crippen MR) is 55.2 cm³/mol. The number of anilines is 1. The van der Waals surface area contributed by atoms with Crippen molar-refractivity contribution in [2.75, 3.05) is 11.9 Å². The topological polar surface area (TPSA) is 110 Å². The number of rotatable bonds is 6. The van der Waals surface area contributed by atoms with Gasteiger partial charge < -0.3 is 20.5 Å². The van der Waals surface area contributed by atoms with Crippen molar-refractivity contribution in [3.63, 3.8) is 0 Å². The number of nitrogens with zero attached hydrogens (tertiary/aromatic N) is 3. The monoisotopic (exact) mass is 228 g/mol. The number of aromatic nitrogens is 2. The SMILES string of the molecule is Cn1cnc([N+](=O)[O-])c1NCCCC(=O)O. The average molecular weight is 228 g/mol. The van der Waals surface area contributed by atoms with E-state index in [9.17, 15) is 14.9 Å². The summed E-state index contributed by atoms with van der Waals surface area (Å²) in [5.74, 6) is -0.852. The van der Waals surface area contributed by atoms with E-state index in [1.807, 2.05) is 0 Å². The number of carbonyl (C=O) groups is 1. The predicted octanol–water partition coefficient (Wildman–Crippen LogP) is 0.605. The van der Waals surface area contributed by atoms with Crippen molar-refractivity contribution in [1.82, 2.24) is 9.55 Å². The molecule has 0 saturated carbocycles. The molecule has 8 heteroatoms. The molecule has 2 N–H and O–H groups in total. The lowest BCUT2D eigenvalue weighted by Crippen LogP contribution is -2.08. The molecule has 0 spiro atoms. The molecular weight excluding hydrogens is 216 g/mol. The molecule has 0 aliphatic carbocycles. The molecule has 0 atom stereocenters. The molecule has 1 heterocycles. The Kier molecular flexibility index (Phi) is 3.81. The Morgan fingerprint density at radius 1 is 1.75 bits per heavy atom. The third kappa shape index (κ3) is 2.94. The minimum Gasteiger partial charge on any atom is -0.481 e. The van der Waals surface area contributed by atoms with Crippen LogP contribution in [-0.2, 0) is 11.8 Å². The molecule has 0 fully saturated rings. The third-order valence-corrected chi connectivity index (χ3v) is 1.95. The van der Waals surface area contributed by atoms with Crippen LogP contribution in [0.1, 0.15) is 12.8 Å². The van der Waals surface area contributed by atoms with Crippen LogP contribution < -0.4 is 5.32 Å². The Morgan fingerprint density at radius 2 is 2.44 bits per heavy atom. The van der Waals surface area contributed by atoms with Crippen LogP contribution in [0, 0.1) is 10.1 Å². The summed E-state index contributed by atoms with van der Waals surface area (Å²) in [6, 6.07) is 0. The number of nitro groups is 1. The minimum atomic E-state index is -0.888. The van der Waals surface area contributed by atoms with Gasteiger partial charge in [-0.05, 0) is 16.3 Å². The number of imidazole rings is 1. The number of hydrogen-bond donors (Lipinski definition) is 2. The fourth-order valence-corrected chi connectivity index (χ4v) is 1.20. The van der Waals surface area contributed by atoms with Crippen LogP contribution in [-0.4, -0.2) is 32.1 Å². The van der Waals surface area contributed by atoms with E-state index in [2.05, 4.69) is 10.3 Å². The van der Waals surface area contributed by atoms with Crippen molar-refractivity contribution >= 4 is 17.6 Å². The van der Waals surface area contributed by atoms with Crippen molar-refractivity contribution in [1.29, 1.82) is 0 Å². The van der Waals surface area contributed by atoms with Gasteiger partial charge in [0.2, 0.25) is 12.1 Å². The molecule has 1 aromatic rings. The second kappa shape index (κ2) is 5.10. The standard InChI is InChI=1S/C8H12N4O4/c1-11-5-10-8(12(15)16)7(11)9-4-2-3-6(13)14/h5,9H,2-4H2,1H3,(H,13,14). The molecule has 0 aliphatic rings. The van der Waals surface area contributed by atoms with E-state index in [1.54, 1.807) is 7.05 Å². The van der Waals surface area contributed by atoms with E-state index in [0.717, 1.165) is 0 Å². The van der Waals surface area contributed by atoms with Gasteiger partial charge in [0.05, 0.1) is 0 Å². The number of carboxylic acids is 1. The molecule has 0 aliphatic heterocycles. The van der Waals surface area contributed by atoms with Gasteiger partial charge in [-0.15, -0.1) is 0 Å². The Hall–Kier alpha value is -2.12. The molecule has 8 nitrogen and oxygen atoms in total. The second-order valence-electron chi connectivity index (χ2n) is 3.21. The van der Waals surface area contributed by atoms with E-state index >= 15 is 0 Å². The molecule has 1 rings (SSSR count). The summed E-state index contributed by atoms with van der Waals surface area (Å²) >= 11 is 0. The Balaban J connectivity index is 2.56. The van der Waals surface area contributed by atoms with Crippen molar-refractivity contribution < 1.29 is 14.8 Å². The Labute approximate surface area is 91.1 Å². The summed E-state index contributed by atoms with van der Waals surface area (Å²) in [5.41, 5.74) is 0. The van der Waals surface area contributed by atoms with Gasteiger partial charge >= 0.3 is 11.8 Å². The molecule has 0 aromatic carbocycles. The van der Waals surface area contributed by atoms with Crippen LogP contribution in [0.15, 0.2) is 6.33 Å². The highest BCUT2D eigenvalue weighted by Crippen LogP contribution is 2.20. The molecule has 0 bridgehead atoms. The second-order valence-corrected chi connectivity index (χ2v) is 3.21. The molecule has 16 heavy (non-hydrogen) atoms. The first-order valence-electron chi connectivity index (χ1n) is 4.63. The highest BCUT2D eigenvalue weighted by atomic mass is 16.6. The minimum absolute atomic E-state index is 0.0264. The number of hydrogen-bond acceptors (Lipinski definition) is 5. The summed E-state index contributed by atoms with van der Waals surface area (Å²) in [7, 11) is 1.62. The Bertz CT molecular complexity index is 401. The molecule has 1 aromatic heterocycles. The van der Waals surface area contributed by atoms with Gasteiger partial charge in [-0.25, -0.2) is 0 Å². The quantitative estimate of drug-likeness (QED) is 0.419. The molecule has 0 amide bonds. The zero-order valence-corrected chi connectivity index (χ0v) is 8.71. The number of nitrogens with one attached hydrogen (secondary N) is 1. The molecule has 88 valence electrons. The van der Waals surface area contributed by atoms with Crippen molar-refractivity contribution in [3.05, 3.63) is 16.4 Å². The Morgan fingerprint density at radius 3 is 3.00 bits per heavy atom. The van der Waals surface area contributed by atoms with Gasteiger partial charge in [0.1, 0.15) is 0 Å². The first-order valence-corrected chi connectivity index (χ1v) is 4.63. The maximum absolute atomic E-state index is 10.6. The lowest BCUT2D eigenvalue weighted by Gasteiger charge is -2.04. The fourth-order valence-electron chi connectivity index (χ4n) is 1.20. The average Bonchev–Trinajstić information content (AvgIpc) is 2.54. The lowest BCUT2D eigenvalue weighted by molar-refractivity contribution is -0.388. The number of aliphatic carboxylic acids is 1. The number of aryl methyl sites for hydroxylation is 1. The summed E-state index contributed by atoms with van der Waals surface area (Å²) < 4.78 is 1.49. The smallest absolute Gasteiger partial charge is 0.406 e. The lowest BCUT2D eigenvalue weighted by atomic mass is 10.3. The maximum Gasteiger partial charge on any atom is 0.406 e. The first-order chi connectivity index (χ1) is 7.52. The normalized spacial score (nSPS) is 10.1. The van der Waals surface area contributed by atoms with Crippen molar-refractivity contribution in [2.24, 2.45) is 7.05 Å². The van der Waals surface area contributed by atoms with Crippen LogP contribution in [0.4, 0.5) is 11.6 Å². The zero-order valence-electron chi connectivity index (χ0n) is 8.71. The van der Waals surface area contributed by atoms with Crippen molar-refractivity contribution in [3.8, 4) is 0 Å². The highest BCUT2D eigenvalue weighted by molar-refractivity contribution is 5.66. The summed E-state index contributed by atoms with van der Waals surface area (Å²) in [6.45, 7) is 0.354. The molecule has 0 radical (unpaired) electrons. The molecular formula is C8H12N4O4. The van der Waals surface area contributed by atoms with Gasteiger partial charge in [0.25, 0.3) is 0 Å². The first kappa shape index (κ1) is 12.0. The largest absolute Gasteiger partial charge is 0.481 e. The van der Waals surface area contributed by atoms with Gasteiger partial charge in [-0.1, -0.05) is 0 Å². The highest BCUT2D eigenvalue weighted by Gasteiger charge is 2.19. The van der Waals surface area contributed by atoms with Gasteiger partial charge in [0, 0.05) is 20.0 Å². The molecule has 0 saturated heterocycles. The van der Waals surface area contributed by atoms with Crippen LogP contribution in [0.2, 0.25) is 0 Å². The van der Waals surface area contributed by atoms with E-state index in [4.69, 9.17) is 5.11 Å². The van der Waals surface area contributed by atoms with E-state index in [1.165, 1.54) is 10.9 Å². The fraction of sp³-hybridized carbons (Fsp3) is 0.500. The van der Waals surface area contributed by atoms with E-state index < -0.39 is 10.9 Å². The van der Waals surface area contributed by atoms with Gasteiger partial charge in [-0.2, -0.15) is 0 Å². The third-order valence-electron chi connectivity index (χ3n) is 1.95. The van der Waals surface area contributed by atoms with Crippen LogP contribution in [0.3, 0.4) is 0 Å². The van der Waals surface area contributed by atoms with Crippen molar-refractivity contribution in [2.45, 2.75) is 12.8 Å². The van der Waals surface area contributed by atoms with Gasteiger partial charge in [-0.3, -0.25) is 9.36 Å². The van der Waals surface area contributed by atoms with Crippen LogP contribution >= 0.6 is 0 Å². The summed E-state index contributed by atoms with van der Waals surface area (Å²) in [4.78, 5) is 23.9. The van der Waals surface area contributed by atoms with Crippen LogP contribution in [0.25, 0.3) is 0 Å². The van der Waals surface area contributed by atoms with Crippen LogP contribution in [0.5, 0.6) is 0 Å².